The van der Waals surface area contributed by atoms with E-state index in [1.54, 1.807) is 11.3 Å². The standard InChI is InChI=1S/C22H28N2OS/c25-21-22(11-14-23(18-22)16-20-9-15-26-17-20)10-5-13-24(21)12-4-8-19-6-2-1-3-7-19/h1-3,6-7,9,15,17H,4-5,8,10-14,16,18H2. The van der Waals surface area contributed by atoms with E-state index < -0.39 is 0 Å². The second-order valence-corrected chi connectivity index (χ2v) is 8.64. The van der Waals surface area contributed by atoms with Gasteiger partial charge in [-0.15, -0.1) is 0 Å². The molecule has 26 heavy (non-hydrogen) atoms. The number of thiophene rings is 1. The summed E-state index contributed by atoms with van der Waals surface area (Å²) in [6.45, 7) is 4.84. The third-order valence-corrected chi connectivity index (χ3v) is 6.71. The Morgan fingerprint density at radius 1 is 1.04 bits per heavy atom. The molecule has 1 aromatic carbocycles. The van der Waals surface area contributed by atoms with Gasteiger partial charge in [0.2, 0.25) is 5.91 Å². The number of carbonyl (C=O) groups is 1. The molecule has 3 heterocycles. The maximum Gasteiger partial charge on any atom is 0.230 e. The molecule has 0 aliphatic carbocycles. The Hall–Kier alpha value is -1.65. The number of hydrogen-bond donors (Lipinski definition) is 0. The number of aryl methyl sites for hydroxylation is 1. The molecule has 1 spiro atoms. The summed E-state index contributed by atoms with van der Waals surface area (Å²) < 4.78 is 0. The third kappa shape index (κ3) is 3.86. The molecule has 0 N–H and O–H groups in total. The van der Waals surface area contributed by atoms with Gasteiger partial charge >= 0.3 is 0 Å². The molecule has 0 radical (unpaired) electrons. The molecule has 0 saturated carbocycles. The van der Waals surface area contributed by atoms with E-state index in [0.29, 0.717) is 5.91 Å². The first-order valence-corrected chi connectivity index (χ1v) is 10.8. The first-order valence-electron chi connectivity index (χ1n) is 9.82. The highest BCUT2D eigenvalue weighted by atomic mass is 32.1. The van der Waals surface area contributed by atoms with E-state index in [2.05, 4.69) is 57.0 Å². The molecule has 4 heteroatoms. The van der Waals surface area contributed by atoms with E-state index >= 15 is 0 Å². The molecule has 2 aromatic rings. The average Bonchev–Trinajstić information content (AvgIpc) is 3.31. The van der Waals surface area contributed by atoms with Crippen LogP contribution in [0, 0.1) is 5.41 Å². The zero-order chi connectivity index (χ0) is 17.8. The summed E-state index contributed by atoms with van der Waals surface area (Å²) in [6, 6.07) is 12.8. The molecule has 2 fully saturated rings. The average molecular weight is 369 g/mol. The molecule has 2 aliphatic heterocycles. The quantitative estimate of drug-likeness (QED) is 0.763. The number of rotatable bonds is 6. The van der Waals surface area contributed by atoms with Crippen molar-refractivity contribution in [3.05, 3.63) is 58.3 Å². The molecule has 138 valence electrons. The Balaban J connectivity index is 1.32. The molecule has 1 aromatic heterocycles. The summed E-state index contributed by atoms with van der Waals surface area (Å²) in [5.74, 6) is 0.421. The molecular formula is C22H28N2OS. The molecule has 3 nitrogen and oxygen atoms in total. The van der Waals surface area contributed by atoms with Gasteiger partial charge in [0.25, 0.3) is 0 Å². The van der Waals surface area contributed by atoms with Crippen LogP contribution in [0.3, 0.4) is 0 Å². The largest absolute Gasteiger partial charge is 0.342 e. The molecule has 1 unspecified atom stereocenters. The fraction of sp³-hybridized carbons (Fsp3) is 0.500. The number of amides is 1. The van der Waals surface area contributed by atoms with Crippen molar-refractivity contribution in [1.29, 1.82) is 0 Å². The normalized spacial score (nSPS) is 23.8. The van der Waals surface area contributed by atoms with Crippen molar-refractivity contribution in [2.45, 2.75) is 38.6 Å². The highest BCUT2D eigenvalue weighted by Crippen LogP contribution is 2.40. The predicted molar refractivity (Wildman–Crippen MR) is 107 cm³/mol. The van der Waals surface area contributed by atoms with Gasteiger partial charge in [0.1, 0.15) is 0 Å². The minimum absolute atomic E-state index is 0.110. The topological polar surface area (TPSA) is 23.6 Å². The van der Waals surface area contributed by atoms with Crippen molar-refractivity contribution in [1.82, 2.24) is 9.80 Å². The van der Waals surface area contributed by atoms with Crippen LogP contribution in [0.25, 0.3) is 0 Å². The summed E-state index contributed by atoms with van der Waals surface area (Å²) in [5.41, 5.74) is 2.64. The summed E-state index contributed by atoms with van der Waals surface area (Å²) in [4.78, 5) is 17.9. The first kappa shape index (κ1) is 17.7. The number of likely N-dealkylation sites (tertiary alicyclic amines) is 2. The highest BCUT2D eigenvalue weighted by Gasteiger charge is 2.47. The van der Waals surface area contributed by atoms with E-state index in [1.807, 2.05) is 0 Å². The third-order valence-electron chi connectivity index (χ3n) is 5.98. The Labute approximate surface area is 160 Å². The summed E-state index contributed by atoms with van der Waals surface area (Å²) >= 11 is 1.76. The lowest BCUT2D eigenvalue weighted by molar-refractivity contribution is -0.145. The van der Waals surface area contributed by atoms with E-state index in [-0.39, 0.29) is 5.41 Å². The second-order valence-electron chi connectivity index (χ2n) is 7.86. The molecule has 2 aliphatic rings. The van der Waals surface area contributed by atoms with Crippen molar-refractivity contribution in [3.8, 4) is 0 Å². The number of carbonyl (C=O) groups excluding carboxylic acids is 1. The van der Waals surface area contributed by atoms with Crippen molar-refractivity contribution < 1.29 is 4.79 Å². The van der Waals surface area contributed by atoms with Crippen LogP contribution in [0.4, 0.5) is 0 Å². The zero-order valence-electron chi connectivity index (χ0n) is 15.4. The summed E-state index contributed by atoms with van der Waals surface area (Å²) in [6.07, 6.45) is 5.38. The molecule has 1 atom stereocenters. The van der Waals surface area contributed by atoms with Crippen LogP contribution < -0.4 is 0 Å². The van der Waals surface area contributed by atoms with Crippen LogP contribution in [0.2, 0.25) is 0 Å². The Kier molecular flexibility index (Phi) is 5.41. The maximum atomic E-state index is 13.2. The van der Waals surface area contributed by atoms with E-state index in [9.17, 15) is 4.79 Å². The molecule has 4 rings (SSSR count). The smallest absolute Gasteiger partial charge is 0.230 e. The minimum Gasteiger partial charge on any atom is -0.342 e. The molecule has 1 amide bonds. The minimum atomic E-state index is -0.110. The lowest BCUT2D eigenvalue weighted by Gasteiger charge is -2.39. The number of piperidine rings is 1. The van der Waals surface area contributed by atoms with Gasteiger partial charge in [0.05, 0.1) is 5.41 Å². The van der Waals surface area contributed by atoms with Crippen molar-refractivity contribution >= 4 is 17.2 Å². The SMILES string of the molecule is O=C1N(CCCc2ccccc2)CCCC12CCN(Cc1ccsc1)C2. The monoisotopic (exact) mass is 368 g/mol. The van der Waals surface area contributed by atoms with Crippen LogP contribution in [0.5, 0.6) is 0 Å². The zero-order valence-corrected chi connectivity index (χ0v) is 16.2. The second kappa shape index (κ2) is 7.93. The first-order chi connectivity index (χ1) is 12.8. The van der Waals surface area contributed by atoms with E-state index in [4.69, 9.17) is 0 Å². The predicted octanol–water partition coefficient (Wildman–Crippen LogP) is 4.20. The van der Waals surface area contributed by atoms with Crippen molar-refractivity contribution in [3.63, 3.8) is 0 Å². The lowest BCUT2D eigenvalue weighted by atomic mass is 9.78. The van der Waals surface area contributed by atoms with Gasteiger partial charge in [0.15, 0.2) is 0 Å². The maximum absolute atomic E-state index is 13.2. The van der Waals surface area contributed by atoms with Crippen molar-refractivity contribution in [2.24, 2.45) is 5.41 Å². The van der Waals surface area contributed by atoms with Gasteiger partial charge < -0.3 is 4.90 Å². The van der Waals surface area contributed by atoms with Gasteiger partial charge in [-0.2, -0.15) is 11.3 Å². The molecule has 0 bridgehead atoms. The summed E-state index contributed by atoms with van der Waals surface area (Å²) in [5, 5.41) is 4.37. The van der Waals surface area contributed by atoms with Crippen molar-refractivity contribution in [2.75, 3.05) is 26.2 Å². The Morgan fingerprint density at radius 2 is 1.92 bits per heavy atom. The molecular weight excluding hydrogens is 340 g/mol. The Bertz CT molecular complexity index is 715. The summed E-state index contributed by atoms with van der Waals surface area (Å²) in [7, 11) is 0. The van der Waals surface area contributed by atoms with Crippen LogP contribution in [0.15, 0.2) is 47.2 Å². The highest BCUT2D eigenvalue weighted by molar-refractivity contribution is 7.07. The Morgan fingerprint density at radius 3 is 2.73 bits per heavy atom. The lowest BCUT2D eigenvalue weighted by Crippen LogP contribution is -2.50. The van der Waals surface area contributed by atoms with Gasteiger partial charge in [-0.3, -0.25) is 9.69 Å². The molecule has 2 saturated heterocycles. The van der Waals surface area contributed by atoms with E-state index in [0.717, 1.165) is 64.8 Å². The van der Waals surface area contributed by atoms with Gasteiger partial charge in [-0.05, 0) is 66.6 Å². The van der Waals surface area contributed by atoms with Gasteiger partial charge in [-0.25, -0.2) is 0 Å². The van der Waals surface area contributed by atoms with Crippen LogP contribution in [-0.4, -0.2) is 41.9 Å². The van der Waals surface area contributed by atoms with Gasteiger partial charge in [-0.1, -0.05) is 30.3 Å². The van der Waals surface area contributed by atoms with Crippen LogP contribution >= 0.6 is 11.3 Å². The number of hydrogen-bond acceptors (Lipinski definition) is 3. The van der Waals surface area contributed by atoms with Crippen LogP contribution in [-0.2, 0) is 17.8 Å². The van der Waals surface area contributed by atoms with Crippen LogP contribution in [0.1, 0.15) is 36.8 Å². The fourth-order valence-corrected chi connectivity index (χ4v) is 5.26. The number of benzene rings is 1. The van der Waals surface area contributed by atoms with E-state index in [1.165, 1.54) is 11.1 Å². The number of nitrogens with zero attached hydrogens (tertiary/aromatic N) is 2. The fourth-order valence-electron chi connectivity index (χ4n) is 4.60. The van der Waals surface area contributed by atoms with Gasteiger partial charge in [0, 0.05) is 26.2 Å².